The first-order valence-corrected chi connectivity index (χ1v) is 11.3. The van der Waals surface area contributed by atoms with E-state index in [0.717, 1.165) is 38.1 Å². The van der Waals surface area contributed by atoms with Crippen LogP contribution in [0.1, 0.15) is 50.7 Å². The van der Waals surface area contributed by atoms with Gasteiger partial charge in [0.15, 0.2) is 5.96 Å². The monoisotopic (exact) mass is 513 g/mol. The Morgan fingerprint density at radius 1 is 1.00 bits per heavy atom. The summed E-state index contributed by atoms with van der Waals surface area (Å²) in [4.78, 5) is 9.93. The molecule has 0 aromatic heterocycles. The van der Waals surface area contributed by atoms with E-state index in [2.05, 4.69) is 58.5 Å². The fourth-order valence-electron chi connectivity index (χ4n) is 4.30. The first-order valence-electron chi connectivity index (χ1n) is 11.3. The van der Waals surface area contributed by atoms with Crippen LogP contribution in [0.25, 0.3) is 0 Å². The Morgan fingerprint density at radius 3 is 2.41 bits per heavy atom. The zero-order chi connectivity index (χ0) is 19.6. The van der Waals surface area contributed by atoms with Crippen molar-refractivity contribution in [2.45, 2.75) is 52.6 Å². The van der Waals surface area contributed by atoms with E-state index in [4.69, 9.17) is 4.99 Å². The van der Waals surface area contributed by atoms with Crippen molar-refractivity contribution >= 4 is 29.9 Å². The van der Waals surface area contributed by atoms with Crippen LogP contribution in [0.2, 0.25) is 0 Å². The third-order valence-corrected chi connectivity index (χ3v) is 5.86. The molecule has 0 bridgehead atoms. The highest BCUT2D eigenvalue weighted by molar-refractivity contribution is 14.0. The molecule has 2 saturated heterocycles. The van der Waals surface area contributed by atoms with Crippen molar-refractivity contribution in [1.82, 2.24) is 20.4 Å². The Morgan fingerprint density at radius 2 is 1.72 bits per heavy atom. The van der Waals surface area contributed by atoms with Crippen LogP contribution < -0.4 is 10.6 Å². The first-order chi connectivity index (χ1) is 13.8. The molecule has 2 heterocycles. The Bertz CT molecular complexity index is 598. The van der Waals surface area contributed by atoms with Crippen LogP contribution in [-0.2, 0) is 13.1 Å². The van der Waals surface area contributed by atoms with Crippen molar-refractivity contribution in [3.63, 3.8) is 0 Å². The van der Waals surface area contributed by atoms with Crippen molar-refractivity contribution < 1.29 is 0 Å². The Kier molecular flexibility index (Phi) is 11.3. The molecule has 2 aliphatic rings. The van der Waals surface area contributed by atoms with Gasteiger partial charge in [0.25, 0.3) is 0 Å². The molecule has 1 aromatic rings. The molecule has 1 unspecified atom stereocenters. The second-order valence-electron chi connectivity index (χ2n) is 8.33. The van der Waals surface area contributed by atoms with Gasteiger partial charge in [-0.15, -0.1) is 24.0 Å². The molecular formula is C23H40IN5. The molecule has 1 atom stereocenters. The lowest BCUT2D eigenvalue weighted by Crippen LogP contribution is -2.40. The van der Waals surface area contributed by atoms with Gasteiger partial charge in [0.05, 0.1) is 6.54 Å². The van der Waals surface area contributed by atoms with Crippen LogP contribution in [-0.4, -0.2) is 61.6 Å². The lowest BCUT2D eigenvalue weighted by Gasteiger charge is -2.17. The largest absolute Gasteiger partial charge is 0.357 e. The highest BCUT2D eigenvalue weighted by Gasteiger charge is 2.21. The molecule has 0 aliphatic carbocycles. The molecule has 2 aliphatic heterocycles. The summed E-state index contributed by atoms with van der Waals surface area (Å²) in [5.41, 5.74) is 2.69. The van der Waals surface area contributed by atoms with E-state index in [9.17, 15) is 0 Å². The molecule has 0 amide bonds. The van der Waals surface area contributed by atoms with E-state index in [1.807, 2.05) is 0 Å². The van der Waals surface area contributed by atoms with Gasteiger partial charge in [-0.3, -0.25) is 4.90 Å². The zero-order valence-corrected chi connectivity index (χ0v) is 20.7. The predicted octanol–water partition coefficient (Wildman–Crippen LogP) is 3.69. The predicted molar refractivity (Wildman–Crippen MR) is 134 cm³/mol. The summed E-state index contributed by atoms with van der Waals surface area (Å²) in [6.45, 7) is 14.3. The lowest BCUT2D eigenvalue weighted by molar-refractivity contribution is 0.324. The van der Waals surface area contributed by atoms with Crippen LogP contribution in [0.5, 0.6) is 0 Å². The highest BCUT2D eigenvalue weighted by atomic mass is 127. The molecule has 0 spiro atoms. The van der Waals surface area contributed by atoms with Crippen LogP contribution >= 0.6 is 24.0 Å². The quantitative estimate of drug-likeness (QED) is 0.301. The minimum absolute atomic E-state index is 0. The molecule has 1 aromatic carbocycles. The Labute approximate surface area is 194 Å². The summed E-state index contributed by atoms with van der Waals surface area (Å²) < 4.78 is 0. The fourth-order valence-corrected chi connectivity index (χ4v) is 4.30. The van der Waals surface area contributed by atoms with E-state index in [-0.39, 0.29) is 24.0 Å². The number of hydrogen-bond acceptors (Lipinski definition) is 3. The summed E-state index contributed by atoms with van der Waals surface area (Å²) in [5, 5.41) is 6.95. The SMILES string of the molecule is CCCN1CCC(CNC(=NCc2ccc(CN3CCCC3)cc2)NCC)C1.I. The molecular weight excluding hydrogens is 473 g/mol. The maximum atomic E-state index is 4.80. The van der Waals surface area contributed by atoms with Gasteiger partial charge in [0.2, 0.25) is 0 Å². The molecule has 5 nitrogen and oxygen atoms in total. The molecule has 29 heavy (non-hydrogen) atoms. The van der Waals surface area contributed by atoms with Gasteiger partial charge < -0.3 is 15.5 Å². The van der Waals surface area contributed by atoms with Gasteiger partial charge in [-0.2, -0.15) is 0 Å². The number of nitrogens with one attached hydrogen (secondary N) is 2. The second-order valence-corrected chi connectivity index (χ2v) is 8.33. The maximum absolute atomic E-state index is 4.80. The number of nitrogens with zero attached hydrogens (tertiary/aromatic N) is 3. The maximum Gasteiger partial charge on any atom is 0.191 e. The normalized spacial score (nSPS) is 20.6. The van der Waals surface area contributed by atoms with E-state index in [1.54, 1.807) is 0 Å². The molecule has 164 valence electrons. The number of rotatable bonds is 9. The summed E-state index contributed by atoms with van der Waals surface area (Å²) in [6.07, 6.45) is 5.25. The topological polar surface area (TPSA) is 42.9 Å². The average molecular weight is 514 g/mol. The smallest absolute Gasteiger partial charge is 0.191 e. The molecule has 2 fully saturated rings. The Balaban J connectivity index is 0.00000300. The third kappa shape index (κ3) is 8.42. The second kappa shape index (κ2) is 13.4. The fraction of sp³-hybridized carbons (Fsp3) is 0.696. The van der Waals surface area contributed by atoms with E-state index < -0.39 is 0 Å². The molecule has 3 rings (SSSR count). The van der Waals surface area contributed by atoms with Crippen molar-refractivity contribution in [2.24, 2.45) is 10.9 Å². The lowest BCUT2D eigenvalue weighted by atomic mass is 10.1. The number of hydrogen-bond donors (Lipinski definition) is 2. The number of guanidine groups is 1. The van der Waals surface area contributed by atoms with Crippen molar-refractivity contribution in [2.75, 3.05) is 45.8 Å². The molecule has 2 N–H and O–H groups in total. The summed E-state index contributed by atoms with van der Waals surface area (Å²) in [5.74, 6) is 1.68. The van der Waals surface area contributed by atoms with Crippen LogP contribution in [0.4, 0.5) is 0 Å². The number of likely N-dealkylation sites (tertiary alicyclic amines) is 2. The third-order valence-electron chi connectivity index (χ3n) is 5.86. The number of aliphatic imine (C=N–C) groups is 1. The van der Waals surface area contributed by atoms with Gasteiger partial charge in [-0.25, -0.2) is 4.99 Å². The average Bonchev–Trinajstić information content (AvgIpc) is 3.38. The van der Waals surface area contributed by atoms with Crippen LogP contribution in [0.15, 0.2) is 29.3 Å². The minimum atomic E-state index is 0. The number of halogens is 1. The summed E-state index contributed by atoms with van der Waals surface area (Å²) in [7, 11) is 0. The first kappa shape index (κ1) is 24.4. The van der Waals surface area contributed by atoms with E-state index in [0.29, 0.717) is 0 Å². The van der Waals surface area contributed by atoms with Crippen LogP contribution in [0.3, 0.4) is 0 Å². The highest BCUT2D eigenvalue weighted by Crippen LogP contribution is 2.16. The summed E-state index contributed by atoms with van der Waals surface area (Å²) >= 11 is 0. The summed E-state index contributed by atoms with van der Waals surface area (Å²) in [6, 6.07) is 9.00. The standard InChI is InChI=1S/C23H39N5.HI/c1-3-12-27-15-11-22(19-27)17-26-23(24-4-2)25-16-20-7-9-21(10-8-20)18-28-13-5-6-14-28;/h7-10,22H,3-6,11-19H2,1-2H3,(H2,24,25,26);1H. The van der Waals surface area contributed by atoms with Gasteiger partial charge >= 0.3 is 0 Å². The van der Waals surface area contributed by atoms with Gasteiger partial charge in [-0.1, -0.05) is 31.2 Å². The van der Waals surface area contributed by atoms with Gasteiger partial charge in [-0.05, 0) is 75.8 Å². The Hall–Kier alpha value is -0.860. The van der Waals surface area contributed by atoms with E-state index in [1.165, 1.54) is 69.5 Å². The van der Waals surface area contributed by atoms with Crippen molar-refractivity contribution in [3.05, 3.63) is 35.4 Å². The molecule has 0 saturated carbocycles. The van der Waals surface area contributed by atoms with Gasteiger partial charge in [0, 0.05) is 26.2 Å². The van der Waals surface area contributed by atoms with Crippen molar-refractivity contribution in [3.8, 4) is 0 Å². The minimum Gasteiger partial charge on any atom is -0.357 e. The number of benzene rings is 1. The van der Waals surface area contributed by atoms with E-state index >= 15 is 0 Å². The zero-order valence-electron chi connectivity index (χ0n) is 18.3. The van der Waals surface area contributed by atoms with Crippen LogP contribution in [0, 0.1) is 5.92 Å². The molecule has 6 heteroatoms. The van der Waals surface area contributed by atoms with Gasteiger partial charge in [0.1, 0.15) is 0 Å². The molecule has 0 radical (unpaired) electrons. The van der Waals surface area contributed by atoms with Crippen molar-refractivity contribution in [1.29, 1.82) is 0 Å².